The van der Waals surface area contributed by atoms with Crippen molar-refractivity contribution in [2.45, 2.75) is 26.2 Å². The summed E-state index contributed by atoms with van der Waals surface area (Å²) in [5, 5.41) is 8.25. The first-order valence-corrected chi connectivity index (χ1v) is 3.40. The summed E-state index contributed by atoms with van der Waals surface area (Å²) in [5.74, 6) is 5.13. The van der Waals surface area contributed by atoms with E-state index in [0.717, 1.165) is 25.0 Å². The summed E-state index contributed by atoms with van der Waals surface area (Å²) < 4.78 is 0. The molecule has 0 aromatic rings. The lowest BCUT2D eigenvalue weighted by molar-refractivity contribution is 0.721. The van der Waals surface area contributed by atoms with Gasteiger partial charge < -0.3 is 5.43 Å². The summed E-state index contributed by atoms with van der Waals surface area (Å²) >= 11 is 0. The molecule has 10 heavy (non-hydrogen) atoms. The number of allylic oxidation sites excluding steroid dienone is 2. The predicted molar refractivity (Wildman–Crippen MR) is 40.5 cm³/mol. The Balaban J connectivity index is 3.63. The number of hydrogen-bond acceptors (Lipinski definition) is 3. The van der Waals surface area contributed by atoms with E-state index in [1.165, 1.54) is 6.08 Å². The number of nitriles is 1. The molecule has 0 aliphatic carbocycles. The van der Waals surface area contributed by atoms with Gasteiger partial charge in [0.05, 0.1) is 6.07 Å². The molecule has 56 valence electrons. The van der Waals surface area contributed by atoms with Crippen molar-refractivity contribution < 1.29 is 0 Å². The van der Waals surface area contributed by atoms with Crippen LogP contribution in [0.4, 0.5) is 0 Å². The Labute approximate surface area is 61.5 Å². The molecule has 0 unspecified atom stereocenters. The number of nitrogens with two attached hydrogens (primary N) is 1. The van der Waals surface area contributed by atoms with E-state index in [1.807, 2.05) is 6.07 Å². The fourth-order valence-corrected chi connectivity index (χ4v) is 0.631. The van der Waals surface area contributed by atoms with Crippen LogP contribution in [0.25, 0.3) is 0 Å². The summed E-state index contributed by atoms with van der Waals surface area (Å²) in [7, 11) is 0. The lowest BCUT2D eigenvalue weighted by atomic mass is 10.2. The van der Waals surface area contributed by atoms with Crippen molar-refractivity contribution >= 4 is 0 Å². The van der Waals surface area contributed by atoms with Gasteiger partial charge in [-0.1, -0.05) is 13.3 Å². The summed E-state index contributed by atoms with van der Waals surface area (Å²) in [6.45, 7) is 2.10. The monoisotopic (exact) mass is 139 g/mol. The van der Waals surface area contributed by atoms with Gasteiger partial charge in [-0.3, -0.25) is 5.84 Å². The number of hydrazine groups is 1. The van der Waals surface area contributed by atoms with Gasteiger partial charge >= 0.3 is 0 Å². The van der Waals surface area contributed by atoms with Crippen LogP contribution in [-0.4, -0.2) is 0 Å². The van der Waals surface area contributed by atoms with Crippen LogP contribution in [-0.2, 0) is 0 Å². The van der Waals surface area contributed by atoms with Crippen LogP contribution in [0.2, 0.25) is 0 Å². The Morgan fingerprint density at radius 2 is 2.50 bits per heavy atom. The molecule has 3 heteroatoms. The number of nitrogens with zero attached hydrogens (tertiary/aromatic N) is 1. The van der Waals surface area contributed by atoms with E-state index < -0.39 is 0 Å². The summed E-state index contributed by atoms with van der Waals surface area (Å²) in [6.07, 6.45) is 4.48. The Kier molecular flexibility index (Phi) is 5.50. The molecule has 0 saturated heterocycles. The Bertz CT molecular complexity index is 143. The van der Waals surface area contributed by atoms with E-state index in [4.69, 9.17) is 11.1 Å². The van der Waals surface area contributed by atoms with Gasteiger partial charge in [-0.15, -0.1) is 0 Å². The molecule has 0 rings (SSSR count). The van der Waals surface area contributed by atoms with Crippen LogP contribution in [0.1, 0.15) is 26.2 Å². The zero-order valence-corrected chi connectivity index (χ0v) is 6.22. The van der Waals surface area contributed by atoms with E-state index in [9.17, 15) is 0 Å². The number of hydrogen-bond donors (Lipinski definition) is 2. The second-order valence-corrected chi connectivity index (χ2v) is 2.05. The van der Waals surface area contributed by atoms with Crippen molar-refractivity contribution in [2.24, 2.45) is 5.84 Å². The molecule has 0 bridgehead atoms. The van der Waals surface area contributed by atoms with Crippen molar-refractivity contribution in [2.75, 3.05) is 0 Å². The van der Waals surface area contributed by atoms with E-state index in [1.54, 1.807) is 0 Å². The lowest BCUT2D eigenvalue weighted by Gasteiger charge is -2.01. The minimum atomic E-state index is 0.810. The molecule has 0 fully saturated rings. The molecule has 0 aromatic carbocycles. The largest absolute Gasteiger partial charge is 0.328 e. The van der Waals surface area contributed by atoms with Crippen molar-refractivity contribution in [3.63, 3.8) is 0 Å². The van der Waals surface area contributed by atoms with Crippen molar-refractivity contribution in [3.05, 3.63) is 11.8 Å². The third-order valence-electron chi connectivity index (χ3n) is 1.22. The maximum Gasteiger partial charge on any atom is 0.0930 e. The standard InChI is InChI=1S/C7H13N3/c1-2-3-4-7(10-9)5-6-8/h5,10H,2-4,9H2,1H3/b7-5+. The molecule has 3 nitrogen and oxygen atoms in total. The summed E-state index contributed by atoms with van der Waals surface area (Å²) in [5.41, 5.74) is 3.29. The molecule has 0 atom stereocenters. The van der Waals surface area contributed by atoms with Crippen LogP contribution in [0.15, 0.2) is 11.8 Å². The molecule has 0 spiro atoms. The molecule has 0 aliphatic heterocycles. The summed E-state index contributed by atoms with van der Waals surface area (Å²) in [4.78, 5) is 0. The number of rotatable bonds is 4. The van der Waals surface area contributed by atoms with E-state index in [-0.39, 0.29) is 0 Å². The van der Waals surface area contributed by atoms with Crippen LogP contribution in [0, 0.1) is 11.3 Å². The molecular formula is C7H13N3. The minimum Gasteiger partial charge on any atom is -0.328 e. The van der Waals surface area contributed by atoms with Crippen molar-refractivity contribution in [1.82, 2.24) is 5.43 Å². The van der Waals surface area contributed by atoms with E-state index >= 15 is 0 Å². The van der Waals surface area contributed by atoms with E-state index in [2.05, 4.69) is 12.3 Å². The van der Waals surface area contributed by atoms with Crippen LogP contribution >= 0.6 is 0 Å². The molecule has 0 amide bonds. The highest BCUT2D eigenvalue weighted by Gasteiger charge is 1.90. The van der Waals surface area contributed by atoms with Crippen molar-refractivity contribution in [1.29, 1.82) is 5.26 Å². The molecule has 0 saturated carbocycles. The van der Waals surface area contributed by atoms with Gasteiger partial charge in [0.15, 0.2) is 0 Å². The summed E-state index contributed by atoms with van der Waals surface area (Å²) in [6, 6.07) is 1.92. The van der Waals surface area contributed by atoms with E-state index in [0.29, 0.717) is 0 Å². The quantitative estimate of drug-likeness (QED) is 0.347. The van der Waals surface area contributed by atoms with Gasteiger partial charge in [-0.05, 0) is 12.8 Å². The van der Waals surface area contributed by atoms with Crippen molar-refractivity contribution in [3.8, 4) is 6.07 Å². The lowest BCUT2D eigenvalue weighted by Crippen LogP contribution is -2.20. The zero-order valence-electron chi connectivity index (χ0n) is 6.22. The molecule has 0 radical (unpaired) electrons. The van der Waals surface area contributed by atoms with Gasteiger partial charge in [0.2, 0.25) is 0 Å². The topological polar surface area (TPSA) is 61.8 Å². The molecule has 0 aromatic heterocycles. The third kappa shape index (κ3) is 3.93. The first kappa shape index (κ1) is 8.99. The maximum absolute atomic E-state index is 8.25. The molecular weight excluding hydrogens is 126 g/mol. The van der Waals surface area contributed by atoms with Crippen LogP contribution < -0.4 is 11.3 Å². The number of unbranched alkanes of at least 4 members (excludes halogenated alkanes) is 1. The van der Waals surface area contributed by atoms with Crippen LogP contribution in [0.3, 0.4) is 0 Å². The SMILES string of the molecule is CCCC/C(=C\C#N)NN. The fraction of sp³-hybridized carbons (Fsp3) is 0.571. The van der Waals surface area contributed by atoms with Gasteiger partial charge in [0.25, 0.3) is 0 Å². The van der Waals surface area contributed by atoms with Gasteiger partial charge in [-0.25, -0.2) is 0 Å². The Morgan fingerprint density at radius 1 is 1.80 bits per heavy atom. The van der Waals surface area contributed by atoms with Crippen LogP contribution in [0.5, 0.6) is 0 Å². The highest BCUT2D eigenvalue weighted by molar-refractivity contribution is 5.10. The average molecular weight is 139 g/mol. The zero-order chi connectivity index (χ0) is 7.82. The molecule has 0 heterocycles. The minimum absolute atomic E-state index is 0.810. The maximum atomic E-state index is 8.25. The Hall–Kier alpha value is -1.01. The first-order valence-electron chi connectivity index (χ1n) is 3.40. The second kappa shape index (κ2) is 6.12. The fourth-order valence-electron chi connectivity index (χ4n) is 0.631. The normalized spacial score (nSPS) is 10.7. The second-order valence-electron chi connectivity index (χ2n) is 2.05. The Morgan fingerprint density at radius 3 is 2.90 bits per heavy atom. The smallest absolute Gasteiger partial charge is 0.0930 e. The highest BCUT2D eigenvalue weighted by Crippen LogP contribution is 2.01. The van der Waals surface area contributed by atoms with Gasteiger partial charge in [-0.2, -0.15) is 5.26 Å². The third-order valence-corrected chi connectivity index (χ3v) is 1.22. The van der Waals surface area contributed by atoms with Gasteiger partial charge in [0.1, 0.15) is 0 Å². The first-order chi connectivity index (χ1) is 4.85. The molecule has 0 aliphatic rings. The highest BCUT2D eigenvalue weighted by atomic mass is 15.2. The molecule has 3 N–H and O–H groups in total. The predicted octanol–water partition coefficient (Wildman–Crippen LogP) is 1.05. The number of nitrogens with one attached hydrogen (secondary N) is 1. The average Bonchev–Trinajstić information content (AvgIpc) is 1.98. The van der Waals surface area contributed by atoms with Gasteiger partial charge in [0, 0.05) is 11.8 Å².